The highest BCUT2D eigenvalue weighted by molar-refractivity contribution is 5.70. The minimum Gasteiger partial charge on any atom is -0.289 e. The van der Waals surface area contributed by atoms with Gasteiger partial charge in [-0.2, -0.15) is 5.10 Å². The average molecular weight is 373 g/mol. The van der Waals surface area contributed by atoms with E-state index in [0.717, 1.165) is 41.9 Å². The van der Waals surface area contributed by atoms with Gasteiger partial charge in [0.05, 0.1) is 17.6 Å². The number of aromatic amines is 1. The fourth-order valence-corrected chi connectivity index (χ4v) is 4.18. The number of H-pyrrole nitrogens is 1. The van der Waals surface area contributed by atoms with Crippen LogP contribution in [0.1, 0.15) is 35.4 Å². The quantitative estimate of drug-likeness (QED) is 0.597. The number of hydrogen-bond donors (Lipinski definition) is 1. The Morgan fingerprint density at radius 3 is 2.82 bits per heavy atom. The van der Waals surface area contributed by atoms with Crippen LogP contribution in [-0.2, 0) is 25.8 Å². The smallest absolute Gasteiger partial charge is 0.272 e. The molecule has 1 aliphatic rings. The first-order valence-electron chi connectivity index (χ1n) is 9.91. The number of rotatable bonds is 4. The summed E-state index contributed by atoms with van der Waals surface area (Å²) in [4.78, 5) is 17.4. The number of aryl methyl sites for hydroxylation is 4. The van der Waals surface area contributed by atoms with E-state index < -0.39 is 0 Å². The van der Waals surface area contributed by atoms with E-state index in [9.17, 15) is 4.79 Å². The molecule has 0 fully saturated rings. The lowest BCUT2D eigenvalue weighted by molar-refractivity contribution is 0.553. The molecule has 0 unspecified atom stereocenters. The van der Waals surface area contributed by atoms with Gasteiger partial charge in [-0.25, -0.2) is 9.50 Å². The van der Waals surface area contributed by atoms with Crippen LogP contribution in [0, 0.1) is 6.92 Å². The Bertz CT molecular complexity index is 1200. The maximum atomic E-state index is 12.7. The van der Waals surface area contributed by atoms with Crippen LogP contribution >= 0.6 is 0 Å². The molecule has 6 nitrogen and oxygen atoms in total. The van der Waals surface area contributed by atoms with Crippen LogP contribution in [0.5, 0.6) is 0 Å². The van der Waals surface area contributed by atoms with Crippen molar-refractivity contribution in [1.29, 1.82) is 0 Å². The standard InChI is InChI=1S/C22H23N5O/c1-15-21(16-7-3-2-4-8-16)25-27-20(28)13-18(24-22(15)27)11-12-26-19-10-6-5-9-17(19)14-23-26/h2-4,7-8,13-14,25H,5-6,9-12H2,1H3. The number of aromatic nitrogens is 5. The molecule has 0 spiro atoms. The van der Waals surface area contributed by atoms with Crippen molar-refractivity contribution in [2.75, 3.05) is 0 Å². The van der Waals surface area contributed by atoms with Crippen molar-refractivity contribution in [3.8, 4) is 11.3 Å². The predicted molar refractivity (Wildman–Crippen MR) is 109 cm³/mol. The Balaban J connectivity index is 1.47. The Hall–Kier alpha value is -3.15. The second-order valence-corrected chi connectivity index (χ2v) is 7.52. The average Bonchev–Trinajstić information content (AvgIpc) is 3.29. The summed E-state index contributed by atoms with van der Waals surface area (Å²) in [6.07, 6.45) is 7.42. The van der Waals surface area contributed by atoms with Gasteiger partial charge in [0.25, 0.3) is 5.56 Å². The zero-order valence-electron chi connectivity index (χ0n) is 16.0. The van der Waals surface area contributed by atoms with Gasteiger partial charge < -0.3 is 0 Å². The first kappa shape index (κ1) is 17.0. The maximum Gasteiger partial charge on any atom is 0.272 e. The van der Waals surface area contributed by atoms with Crippen molar-refractivity contribution in [2.45, 2.75) is 45.6 Å². The van der Waals surface area contributed by atoms with E-state index in [1.165, 1.54) is 28.6 Å². The maximum absolute atomic E-state index is 12.7. The van der Waals surface area contributed by atoms with Gasteiger partial charge in [-0.3, -0.25) is 14.6 Å². The van der Waals surface area contributed by atoms with Crippen molar-refractivity contribution in [3.05, 3.63) is 75.5 Å². The molecule has 4 aromatic rings. The van der Waals surface area contributed by atoms with Gasteiger partial charge in [-0.1, -0.05) is 30.3 Å². The van der Waals surface area contributed by atoms with Crippen LogP contribution in [0.2, 0.25) is 0 Å². The third-order valence-electron chi connectivity index (χ3n) is 5.69. The summed E-state index contributed by atoms with van der Waals surface area (Å²) in [6, 6.07) is 11.7. The van der Waals surface area contributed by atoms with Crippen molar-refractivity contribution < 1.29 is 0 Å². The Kier molecular flexibility index (Phi) is 4.11. The lowest BCUT2D eigenvalue weighted by Gasteiger charge is -2.13. The van der Waals surface area contributed by atoms with Gasteiger partial charge in [-0.05, 0) is 43.7 Å². The van der Waals surface area contributed by atoms with Gasteiger partial charge in [0.1, 0.15) is 0 Å². The monoisotopic (exact) mass is 373 g/mol. The molecule has 0 aliphatic heterocycles. The van der Waals surface area contributed by atoms with Crippen molar-refractivity contribution in [2.24, 2.45) is 0 Å². The number of hydrogen-bond acceptors (Lipinski definition) is 3. The topological polar surface area (TPSA) is 68.0 Å². The van der Waals surface area contributed by atoms with E-state index in [4.69, 9.17) is 4.98 Å². The normalized spacial score (nSPS) is 13.8. The Morgan fingerprint density at radius 1 is 1.14 bits per heavy atom. The molecule has 0 saturated heterocycles. The molecule has 28 heavy (non-hydrogen) atoms. The SMILES string of the molecule is Cc1c(-c2ccccc2)[nH]n2c(=O)cc(CCn3ncc4c3CCCC4)nc12. The van der Waals surface area contributed by atoms with E-state index in [1.54, 1.807) is 6.07 Å². The van der Waals surface area contributed by atoms with Gasteiger partial charge in [0.2, 0.25) is 0 Å². The van der Waals surface area contributed by atoms with Gasteiger partial charge >= 0.3 is 0 Å². The van der Waals surface area contributed by atoms with Crippen molar-refractivity contribution >= 4 is 5.65 Å². The first-order valence-corrected chi connectivity index (χ1v) is 9.91. The fraction of sp³-hybridized carbons (Fsp3) is 0.318. The molecule has 3 heterocycles. The first-order chi connectivity index (χ1) is 13.7. The molecule has 0 saturated carbocycles. The molecule has 0 amide bonds. The van der Waals surface area contributed by atoms with E-state index in [-0.39, 0.29) is 5.56 Å². The molecule has 0 atom stereocenters. The third kappa shape index (κ3) is 2.85. The predicted octanol–water partition coefficient (Wildman–Crippen LogP) is 3.32. The molecule has 6 heteroatoms. The third-order valence-corrected chi connectivity index (χ3v) is 5.69. The largest absolute Gasteiger partial charge is 0.289 e. The van der Waals surface area contributed by atoms with Crippen LogP contribution in [0.25, 0.3) is 16.9 Å². The molecule has 1 aliphatic carbocycles. The lowest BCUT2D eigenvalue weighted by Crippen LogP contribution is -2.17. The Labute approximate surface area is 162 Å². The summed E-state index contributed by atoms with van der Waals surface area (Å²) in [5.41, 5.74) is 7.14. The van der Waals surface area contributed by atoms with Gasteiger partial charge in [0, 0.05) is 30.3 Å². The van der Waals surface area contributed by atoms with Crippen LogP contribution in [0.4, 0.5) is 0 Å². The second kappa shape index (κ2) is 6.78. The fourth-order valence-electron chi connectivity index (χ4n) is 4.18. The molecular weight excluding hydrogens is 350 g/mol. The summed E-state index contributed by atoms with van der Waals surface area (Å²) in [5, 5.41) is 7.77. The van der Waals surface area contributed by atoms with Crippen LogP contribution in [0.3, 0.4) is 0 Å². The van der Waals surface area contributed by atoms with E-state index >= 15 is 0 Å². The zero-order chi connectivity index (χ0) is 19.1. The summed E-state index contributed by atoms with van der Waals surface area (Å²) >= 11 is 0. The minimum atomic E-state index is -0.0761. The molecular formula is C22H23N5O. The zero-order valence-corrected chi connectivity index (χ0v) is 16.0. The van der Waals surface area contributed by atoms with Crippen molar-refractivity contribution in [3.63, 3.8) is 0 Å². The highest BCUT2D eigenvalue weighted by atomic mass is 16.1. The number of benzene rings is 1. The summed E-state index contributed by atoms with van der Waals surface area (Å²) in [6.45, 7) is 2.77. The second-order valence-electron chi connectivity index (χ2n) is 7.52. The molecule has 3 aromatic heterocycles. The van der Waals surface area contributed by atoms with Crippen LogP contribution in [-0.4, -0.2) is 24.4 Å². The van der Waals surface area contributed by atoms with Gasteiger partial charge in [0.15, 0.2) is 5.65 Å². The minimum absolute atomic E-state index is 0.0761. The van der Waals surface area contributed by atoms with E-state index in [1.807, 2.05) is 43.5 Å². The highest BCUT2D eigenvalue weighted by Gasteiger charge is 2.16. The molecule has 0 bridgehead atoms. The van der Waals surface area contributed by atoms with Crippen LogP contribution in [0.15, 0.2) is 47.4 Å². The van der Waals surface area contributed by atoms with Crippen molar-refractivity contribution in [1.82, 2.24) is 24.4 Å². The highest BCUT2D eigenvalue weighted by Crippen LogP contribution is 2.24. The van der Waals surface area contributed by atoms with E-state index in [2.05, 4.69) is 14.9 Å². The summed E-state index contributed by atoms with van der Waals surface area (Å²) in [7, 11) is 0. The molecule has 0 radical (unpaired) electrons. The number of nitrogens with zero attached hydrogens (tertiary/aromatic N) is 4. The summed E-state index contributed by atoms with van der Waals surface area (Å²) < 4.78 is 3.63. The molecule has 1 aromatic carbocycles. The van der Waals surface area contributed by atoms with E-state index in [0.29, 0.717) is 12.1 Å². The van der Waals surface area contributed by atoms with Crippen LogP contribution < -0.4 is 5.56 Å². The molecule has 5 rings (SSSR count). The van der Waals surface area contributed by atoms with Gasteiger partial charge in [-0.15, -0.1) is 0 Å². The summed E-state index contributed by atoms with van der Waals surface area (Å²) in [5.74, 6) is 0. The number of nitrogens with one attached hydrogen (secondary N) is 1. The Morgan fingerprint density at radius 2 is 1.96 bits per heavy atom. The molecule has 142 valence electrons. The molecule has 1 N–H and O–H groups in total. The number of fused-ring (bicyclic) bond motifs is 2. The lowest BCUT2D eigenvalue weighted by atomic mass is 9.98.